The van der Waals surface area contributed by atoms with Gasteiger partial charge in [0.1, 0.15) is 0 Å². The zero-order chi connectivity index (χ0) is 23.9. The number of carbonyl (C=O) groups is 2. The molecule has 1 aliphatic rings. The van der Waals surface area contributed by atoms with Crippen molar-refractivity contribution in [3.8, 4) is 0 Å². The van der Waals surface area contributed by atoms with Crippen LogP contribution >= 0.6 is 0 Å². The molecule has 1 saturated heterocycles. The molecule has 0 radical (unpaired) electrons. The number of carbonyl (C=O) groups excluding carboxylic acids is 2. The van der Waals surface area contributed by atoms with Crippen LogP contribution in [0, 0.1) is 13.8 Å². The van der Waals surface area contributed by atoms with Crippen LogP contribution in [0.5, 0.6) is 0 Å². The van der Waals surface area contributed by atoms with E-state index in [0.29, 0.717) is 32.7 Å². The Hall–Kier alpha value is -3.44. The van der Waals surface area contributed by atoms with Crippen molar-refractivity contribution >= 4 is 17.5 Å². The number of hydrogen-bond donors (Lipinski definition) is 1. The predicted molar refractivity (Wildman–Crippen MR) is 137 cm³/mol. The molecule has 1 N–H and O–H groups in total. The molecule has 176 valence electrons. The zero-order valence-corrected chi connectivity index (χ0v) is 20.1. The van der Waals surface area contributed by atoms with E-state index in [2.05, 4.69) is 28.4 Å². The first-order valence-electron chi connectivity index (χ1n) is 12.0. The fourth-order valence-electron chi connectivity index (χ4n) is 4.54. The van der Waals surface area contributed by atoms with Gasteiger partial charge in [-0.05, 0) is 55.0 Å². The van der Waals surface area contributed by atoms with Crippen LogP contribution in [0.3, 0.4) is 0 Å². The molecule has 34 heavy (non-hydrogen) atoms. The third-order valence-electron chi connectivity index (χ3n) is 6.55. The molecule has 0 aliphatic carbocycles. The van der Waals surface area contributed by atoms with E-state index in [1.54, 1.807) is 0 Å². The molecule has 0 saturated carbocycles. The Bertz CT molecular complexity index is 1110. The monoisotopic (exact) mass is 455 g/mol. The molecule has 0 atom stereocenters. The van der Waals surface area contributed by atoms with Gasteiger partial charge in [0, 0.05) is 37.4 Å². The van der Waals surface area contributed by atoms with Gasteiger partial charge in [0.2, 0.25) is 5.91 Å². The Labute approximate surface area is 202 Å². The number of hydrogen-bond acceptors (Lipinski definition) is 3. The second-order valence-corrected chi connectivity index (χ2v) is 9.03. The maximum Gasteiger partial charge on any atom is 0.254 e. The van der Waals surface area contributed by atoms with Crippen LogP contribution in [0.2, 0.25) is 0 Å². The van der Waals surface area contributed by atoms with Crippen molar-refractivity contribution in [1.82, 2.24) is 9.80 Å². The summed E-state index contributed by atoms with van der Waals surface area (Å²) in [5, 5.41) is 3.06. The zero-order valence-electron chi connectivity index (χ0n) is 20.1. The number of aryl methyl sites for hydroxylation is 4. The van der Waals surface area contributed by atoms with Gasteiger partial charge in [0.15, 0.2) is 0 Å². The minimum Gasteiger partial charge on any atom is -0.336 e. The number of piperazine rings is 1. The third kappa shape index (κ3) is 5.91. The summed E-state index contributed by atoms with van der Waals surface area (Å²) in [4.78, 5) is 30.0. The van der Waals surface area contributed by atoms with Gasteiger partial charge in [0.25, 0.3) is 5.91 Å². The smallest absolute Gasteiger partial charge is 0.254 e. The van der Waals surface area contributed by atoms with Gasteiger partial charge in [-0.25, -0.2) is 0 Å². The largest absolute Gasteiger partial charge is 0.336 e. The molecule has 5 heteroatoms. The molecule has 0 aromatic heterocycles. The van der Waals surface area contributed by atoms with Crippen LogP contribution in [-0.4, -0.2) is 54.3 Å². The van der Waals surface area contributed by atoms with Crippen LogP contribution in [0.15, 0.2) is 72.8 Å². The number of anilines is 1. The van der Waals surface area contributed by atoms with Crippen molar-refractivity contribution in [2.75, 3.05) is 38.0 Å². The number of nitrogens with one attached hydrogen (secondary N) is 1. The van der Waals surface area contributed by atoms with E-state index >= 15 is 0 Å². The lowest BCUT2D eigenvalue weighted by atomic mass is 9.99. The molecule has 1 fully saturated rings. The highest BCUT2D eigenvalue weighted by Gasteiger charge is 2.24. The molecule has 1 aliphatic heterocycles. The number of para-hydroxylation sites is 1. The van der Waals surface area contributed by atoms with Crippen molar-refractivity contribution in [2.24, 2.45) is 0 Å². The number of nitrogens with zero attached hydrogens (tertiary/aromatic N) is 2. The summed E-state index contributed by atoms with van der Waals surface area (Å²) in [7, 11) is 0. The molecule has 1 heterocycles. The van der Waals surface area contributed by atoms with E-state index in [0.717, 1.165) is 40.8 Å². The van der Waals surface area contributed by atoms with E-state index in [1.807, 2.05) is 73.3 Å². The molecule has 0 unspecified atom stereocenters. The molecule has 2 amide bonds. The summed E-state index contributed by atoms with van der Waals surface area (Å²) in [6.07, 6.45) is 1.75. The summed E-state index contributed by atoms with van der Waals surface area (Å²) < 4.78 is 0. The summed E-state index contributed by atoms with van der Waals surface area (Å²) in [5.41, 5.74) is 6.18. The number of benzene rings is 3. The van der Waals surface area contributed by atoms with E-state index < -0.39 is 0 Å². The highest BCUT2D eigenvalue weighted by atomic mass is 16.2. The lowest BCUT2D eigenvalue weighted by Crippen LogP contribution is -2.50. The number of rotatable bonds is 7. The predicted octanol–water partition coefficient (Wildman–Crippen LogP) is 4.49. The van der Waals surface area contributed by atoms with Gasteiger partial charge >= 0.3 is 0 Å². The third-order valence-corrected chi connectivity index (χ3v) is 6.55. The Morgan fingerprint density at radius 3 is 2.12 bits per heavy atom. The molecule has 0 spiro atoms. The number of amides is 2. The Morgan fingerprint density at radius 1 is 0.765 bits per heavy atom. The quantitative estimate of drug-likeness (QED) is 0.571. The second-order valence-electron chi connectivity index (χ2n) is 9.03. The Morgan fingerprint density at radius 2 is 1.41 bits per heavy atom. The Balaban J connectivity index is 1.31. The van der Waals surface area contributed by atoms with Gasteiger partial charge in [-0.2, -0.15) is 0 Å². The minimum atomic E-state index is -0.0107. The minimum absolute atomic E-state index is 0.0107. The van der Waals surface area contributed by atoms with Crippen molar-refractivity contribution in [1.29, 1.82) is 0 Å². The van der Waals surface area contributed by atoms with E-state index in [4.69, 9.17) is 0 Å². The lowest BCUT2D eigenvalue weighted by Gasteiger charge is -2.34. The lowest BCUT2D eigenvalue weighted by molar-refractivity contribution is -0.117. The molecular formula is C29H33N3O2. The maximum atomic E-state index is 13.3. The topological polar surface area (TPSA) is 52.7 Å². The van der Waals surface area contributed by atoms with Crippen LogP contribution in [0.25, 0.3) is 0 Å². The first-order valence-corrected chi connectivity index (χ1v) is 12.0. The molecule has 3 aromatic carbocycles. The SMILES string of the molecule is Cc1cccc(C)c1NC(=O)CN1CCN(C(=O)c2ccccc2CCc2ccccc2)CC1. The molecule has 5 nitrogen and oxygen atoms in total. The fourth-order valence-corrected chi connectivity index (χ4v) is 4.54. The molecule has 3 aromatic rings. The van der Waals surface area contributed by atoms with Crippen LogP contribution in [-0.2, 0) is 17.6 Å². The van der Waals surface area contributed by atoms with Gasteiger partial charge in [-0.1, -0.05) is 66.7 Å². The first kappa shape index (κ1) is 23.7. The van der Waals surface area contributed by atoms with Gasteiger partial charge in [-0.15, -0.1) is 0 Å². The standard InChI is InChI=1S/C29H33N3O2/c1-22-9-8-10-23(2)28(22)30-27(33)21-31-17-19-32(20-18-31)29(34)26-14-7-6-13-25(26)16-15-24-11-4-3-5-12-24/h3-14H,15-21H2,1-2H3,(H,30,33). The molecule has 4 rings (SSSR count). The summed E-state index contributed by atoms with van der Waals surface area (Å²) >= 11 is 0. The summed E-state index contributed by atoms with van der Waals surface area (Å²) in [6.45, 7) is 6.99. The van der Waals surface area contributed by atoms with Crippen LogP contribution < -0.4 is 5.32 Å². The van der Waals surface area contributed by atoms with Crippen molar-refractivity contribution in [3.05, 3.63) is 101 Å². The van der Waals surface area contributed by atoms with Crippen molar-refractivity contribution < 1.29 is 9.59 Å². The van der Waals surface area contributed by atoms with E-state index in [-0.39, 0.29) is 11.8 Å². The van der Waals surface area contributed by atoms with E-state index in [9.17, 15) is 9.59 Å². The van der Waals surface area contributed by atoms with Crippen LogP contribution in [0.4, 0.5) is 5.69 Å². The summed E-state index contributed by atoms with van der Waals surface area (Å²) in [5.74, 6) is 0.0757. The first-order chi connectivity index (χ1) is 16.5. The van der Waals surface area contributed by atoms with E-state index in [1.165, 1.54) is 5.56 Å². The Kier molecular flexibility index (Phi) is 7.76. The maximum absolute atomic E-state index is 13.3. The molecule has 0 bridgehead atoms. The van der Waals surface area contributed by atoms with Crippen molar-refractivity contribution in [2.45, 2.75) is 26.7 Å². The normalized spacial score (nSPS) is 14.1. The molecular weight excluding hydrogens is 422 g/mol. The summed E-state index contributed by atoms with van der Waals surface area (Å²) in [6, 6.07) is 24.3. The van der Waals surface area contributed by atoms with Gasteiger partial charge in [-0.3, -0.25) is 14.5 Å². The van der Waals surface area contributed by atoms with Gasteiger partial charge < -0.3 is 10.2 Å². The van der Waals surface area contributed by atoms with Crippen molar-refractivity contribution in [3.63, 3.8) is 0 Å². The second kappa shape index (κ2) is 11.1. The highest BCUT2D eigenvalue weighted by Crippen LogP contribution is 2.20. The average Bonchev–Trinajstić information content (AvgIpc) is 2.86. The van der Waals surface area contributed by atoms with Gasteiger partial charge in [0.05, 0.1) is 6.54 Å². The van der Waals surface area contributed by atoms with Crippen LogP contribution in [0.1, 0.15) is 32.6 Å². The highest BCUT2D eigenvalue weighted by molar-refractivity contribution is 5.96. The fraction of sp³-hybridized carbons (Fsp3) is 0.310. The average molecular weight is 456 g/mol.